The third-order valence-corrected chi connectivity index (χ3v) is 4.18. The van der Waals surface area contributed by atoms with Crippen LogP contribution in [-0.4, -0.2) is 11.0 Å². The number of ether oxygens (including phenoxy) is 1. The number of nitrogens with zero attached hydrogens (tertiary/aromatic N) is 1. The van der Waals surface area contributed by atoms with E-state index in [0.29, 0.717) is 10.8 Å². The molecule has 0 amide bonds. The van der Waals surface area contributed by atoms with Gasteiger partial charge in [0.25, 0.3) is 0 Å². The molecule has 0 saturated carbocycles. The SMILES string of the molecule is CCC(N)C(Oc1cncc(Cl)c1)c1ccc(Cl)s1. The van der Waals surface area contributed by atoms with Crippen LogP contribution in [0.2, 0.25) is 9.36 Å². The first kappa shape index (κ1) is 14.6. The van der Waals surface area contributed by atoms with Crippen molar-refractivity contribution in [3.63, 3.8) is 0 Å². The number of aromatic nitrogens is 1. The molecule has 0 aromatic carbocycles. The van der Waals surface area contributed by atoms with Crippen LogP contribution in [0, 0.1) is 0 Å². The zero-order valence-corrected chi connectivity index (χ0v) is 12.7. The molecule has 0 aliphatic rings. The topological polar surface area (TPSA) is 48.1 Å². The van der Waals surface area contributed by atoms with Gasteiger partial charge >= 0.3 is 0 Å². The summed E-state index contributed by atoms with van der Waals surface area (Å²) >= 11 is 13.3. The summed E-state index contributed by atoms with van der Waals surface area (Å²) in [5, 5.41) is 0.533. The van der Waals surface area contributed by atoms with Crippen LogP contribution < -0.4 is 10.5 Å². The van der Waals surface area contributed by atoms with Crippen LogP contribution in [0.4, 0.5) is 0 Å². The monoisotopic (exact) mass is 316 g/mol. The molecule has 0 fully saturated rings. The van der Waals surface area contributed by atoms with Gasteiger partial charge in [0.2, 0.25) is 0 Å². The van der Waals surface area contributed by atoms with Gasteiger partial charge in [-0.15, -0.1) is 11.3 Å². The van der Waals surface area contributed by atoms with Crippen LogP contribution in [0.25, 0.3) is 0 Å². The van der Waals surface area contributed by atoms with Gasteiger partial charge < -0.3 is 10.5 Å². The number of rotatable bonds is 5. The fourth-order valence-electron chi connectivity index (χ4n) is 1.66. The highest BCUT2D eigenvalue weighted by atomic mass is 35.5. The Balaban J connectivity index is 2.24. The summed E-state index contributed by atoms with van der Waals surface area (Å²) in [4.78, 5) is 5.00. The molecule has 0 spiro atoms. The fourth-order valence-corrected chi connectivity index (χ4v) is 2.99. The van der Waals surface area contributed by atoms with E-state index in [9.17, 15) is 0 Å². The van der Waals surface area contributed by atoms with E-state index in [0.717, 1.165) is 15.6 Å². The maximum absolute atomic E-state index is 6.13. The van der Waals surface area contributed by atoms with Crippen LogP contribution >= 0.6 is 34.5 Å². The second kappa shape index (κ2) is 6.57. The summed E-state index contributed by atoms with van der Waals surface area (Å²) < 4.78 is 6.65. The molecule has 2 heterocycles. The van der Waals surface area contributed by atoms with E-state index in [2.05, 4.69) is 4.98 Å². The average molecular weight is 317 g/mol. The van der Waals surface area contributed by atoms with Crippen molar-refractivity contribution in [3.8, 4) is 5.75 Å². The second-order valence-electron chi connectivity index (χ2n) is 4.09. The molecule has 0 aliphatic heterocycles. The van der Waals surface area contributed by atoms with E-state index in [1.807, 2.05) is 19.1 Å². The van der Waals surface area contributed by atoms with E-state index in [1.165, 1.54) is 11.3 Å². The first-order chi connectivity index (χ1) is 9.10. The van der Waals surface area contributed by atoms with Gasteiger partial charge in [-0.3, -0.25) is 4.98 Å². The molecule has 2 atom stereocenters. The normalized spacial score (nSPS) is 14.1. The third kappa shape index (κ3) is 3.83. The van der Waals surface area contributed by atoms with Crippen LogP contribution in [0.3, 0.4) is 0 Å². The van der Waals surface area contributed by atoms with Gasteiger partial charge in [0.05, 0.1) is 15.6 Å². The first-order valence-electron chi connectivity index (χ1n) is 5.88. The molecule has 2 rings (SSSR count). The zero-order chi connectivity index (χ0) is 13.8. The van der Waals surface area contributed by atoms with E-state index in [4.69, 9.17) is 33.7 Å². The Labute approximate surface area is 126 Å². The molecule has 6 heteroatoms. The first-order valence-corrected chi connectivity index (χ1v) is 7.45. The summed E-state index contributed by atoms with van der Waals surface area (Å²) in [5.74, 6) is 0.603. The minimum absolute atomic E-state index is 0.117. The second-order valence-corrected chi connectivity index (χ2v) is 6.27. The number of thiophene rings is 1. The molecule has 3 nitrogen and oxygen atoms in total. The lowest BCUT2D eigenvalue weighted by molar-refractivity contribution is 0.174. The molecule has 0 aliphatic carbocycles. The van der Waals surface area contributed by atoms with E-state index < -0.39 is 0 Å². The Morgan fingerprint density at radius 2 is 2.16 bits per heavy atom. The van der Waals surface area contributed by atoms with Gasteiger partial charge in [-0.2, -0.15) is 0 Å². The predicted molar refractivity (Wildman–Crippen MR) is 80.2 cm³/mol. The number of pyridine rings is 1. The molecule has 0 radical (unpaired) electrons. The number of halogens is 2. The number of hydrogen-bond donors (Lipinski definition) is 1. The van der Waals surface area contributed by atoms with Crippen LogP contribution in [0.15, 0.2) is 30.6 Å². The molecular formula is C13H14Cl2N2OS. The third-order valence-electron chi connectivity index (χ3n) is 2.68. The zero-order valence-electron chi connectivity index (χ0n) is 10.3. The Bertz CT molecular complexity index is 547. The quantitative estimate of drug-likeness (QED) is 0.894. The molecule has 19 heavy (non-hydrogen) atoms. The van der Waals surface area contributed by atoms with E-state index in [1.54, 1.807) is 18.5 Å². The van der Waals surface area contributed by atoms with Gasteiger partial charge in [0.1, 0.15) is 11.9 Å². The van der Waals surface area contributed by atoms with Crippen molar-refractivity contribution in [3.05, 3.63) is 44.8 Å². The highest BCUT2D eigenvalue weighted by Crippen LogP contribution is 2.32. The molecule has 0 saturated heterocycles. The van der Waals surface area contributed by atoms with E-state index in [-0.39, 0.29) is 12.1 Å². The Hall–Kier alpha value is -0.810. The minimum Gasteiger partial charge on any atom is -0.482 e. The van der Waals surface area contributed by atoms with Crippen molar-refractivity contribution in [1.82, 2.24) is 4.98 Å². The summed E-state index contributed by atoms with van der Waals surface area (Å²) in [6.07, 6.45) is 3.73. The van der Waals surface area contributed by atoms with Crippen molar-refractivity contribution in [2.45, 2.75) is 25.5 Å². The lowest BCUT2D eigenvalue weighted by atomic mass is 10.1. The summed E-state index contributed by atoms with van der Waals surface area (Å²) in [5.41, 5.74) is 6.13. The maximum atomic E-state index is 6.13. The van der Waals surface area contributed by atoms with E-state index >= 15 is 0 Å². The fraction of sp³-hybridized carbons (Fsp3) is 0.308. The molecule has 0 bridgehead atoms. The Morgan fingerprint density at radius 3 is 2.74 bits per heavy atom. The van der Waals surface area contributed by atoms with Crippen molar-refractivity contribution >= 4 is 34.5 Å². The lowest BCUT2D eigenvalue weighted by Crippen LogP contribution is -2.30. The molecule has 102 valence electrons. The van der Waals surface area contributed by atoms with Crippen molar-refractivity contribution in [2.75, 3.05) is 0 Å². The van der Waals surface area contributed by atoms with Crippen molar-refractivity contribution in [1.29, 1.82) is 0 Å². The maximum Gasteiger partial charge on any atom is 0.148 e. The van der Waals surface area contributed by atoms with Gasteiger partial charge in [0.15, 0.2) is 0 Å². The number of nitrogens with two attached hydrogens (primary N) is 1. The highest BCUT2D eigenvalue weighted by Gasteiger charge is 2.22. The van der Waals surface area contributed by atoms with Crippen molar-refractivity contribution < 1.29 is 4.74 Å². The summed E-state index contributed by atoms with van der Waals surface area (Å²) in [6.45, 7) is 2.02. The standard InChI is InChI=1S/C13H14Cl2N2OS/c1-2-10(16)13(11-3-4-12(15)19-11)18-9-5-8(14)6-17-7-9/h3-7,10,13H,2,16H2,1H3. The average Bonchev–Trinajstić information content (AvgIpc) is 2.81. The van der Waals surface area contributed by atoms with Crippen LogP contribution in [0.5, 0.6) is 5.75 Å². The summed E-state index contributed by atoms with van der Waals surface area (Å²) in [6, 6.07) is 5.38. The minimum atomic E-state index is -0.247. The highest BCUT2D eigenvalue weighted by molar-refractivity contribution is 7.16. The van der Waals surface area contributed by atoms with Gasteiger partial charge in [-0.25, -0.2) is 0 Å². The van der Waals surface area contributed by atoms with Gasteiger partial charge in [0, 0.05) is 23.2 Å². The lowest BCUT2D eigenvalue weighted by Gasteiger charge is -2.23. The molecule has 2 aromatic rings. The molecule has 2 unspecified atom stereocenters. The largest absolute Gasteiger partial charge is 0.482 e. The van der Waals surface area contributed by atoms with Crippen LogP contribution in [-0.2, 0) is 0 Å². The molecule has 2 aromatic heterocycles. The summed E-state index contributed by atoms with van der Waals surface area (Å²) in [7, 11) is 0. The van der Waals surface area contributed by atoms with Crippen molar-refractivity contribution in [2.24, 2.45) is 5.73 Å². The van der Waals surface area contributed by atoms with Crippen LogP contribution in [0.1, 0.15) is 24.3 Å². The Morgan fingerprint density at radius 1 is 1.37 bits per heavy atom. The predicted octanol–water partition coefficient (Wildman–Crippen LogP) is 4.31. The Kier molecular flexibility index (Phi) is 5.05. The molecule has 2 N–H and O–H groups in total. The van der Waals surface area contributed by atoms with Gasteiger partial charge in [-0.1, -0.05) is 30.1 Å². The van der Waals surface area contributed by atoms with Gasteiger partial charge in [-0.05, 0) is 18.6 Å². The number of hydrogen-bond acceptors (Lipinski definition) is 4. The molecular weight excluding hydrogens is 303 g/mol. The smallest absolute Gasteiger partial charge is 0.148 e.